The number of carbonyl (C=O) groups is 1. The van der Waals surface area contributed by atoms with Gasteiger partial charge in [0.05, 0.1) is 0 Å². The molecule has 2 aliphatic heterocycles. The first-order valence-corrected chi connectivity index (χ1v) is 6.84. The summed E-state index contributed by atoms with van der Waals surface area (Å²) in [6, 6.07) is 2.75. The Morgan fingerprint density at radius 3 is 3.11 bits per heavy atom. The summed E-state index contributed by atoms with van der Waals surface area (Å²) in [6.07, 6.45) is 8.45. The molecular weight excluding hydrogens is 228 g/mol. The van der Waals surface area contributed by atoms with Gasteiger partial charge in [0.1, 0.15) is 6.54 Å². The third-order valence-electron chi connectivity index (χ3n) is 4.07. The van der Waals surface area contributed by atoms with Crippen LogP contribution in [0.25, 0.3) is 0 Å². The lowest BCUT2D eigenvalue weighted by atomic mass is 9.99. The van der Waals surface area contributed by atoms with Gasteiger partial charge in [0.15, 0.2) is 0 Å². The van der Waals surface area contributed by atoms with E-state index in [0.717, 1.165) is 13.0 Å². The Hall–Kier alpha value is -1.36. The van der Waals surface area contributed by atoms with Crippen molar-refractivity contribution in [2.75, 3.05) is 13.1 Å². The predicted octanol–water partition coefficient (Wildman–Crippen LogP) is 0.626. The fourth-order valence-corrected chi connectivity index (χ4v) is 3.21. The van der Waals surface area contributed by atoms with E-state index in [-0.39, 0.29) is 5.91 Å². The van der Waals surface area contributed by atoms with Gasteiger partial charge in [0, 0.05) is 31.0 Å². The van der Waals surface area contributed by atoms with Crippen molar-refractivity contribution < 1.29 is 4.79 Å². The first kappa shape index (κ1) is 11.7. The molecule has 0 bridgehead atoms. The van der Waals surface area contributed by atoms with Crippen LogP contribution in [-0.2, 0) is 11.3 Å². The zero-order valence-corrected chi connectivity index (χ0v) is 10.6. The Kier molecular flexibility index (Phi) is 3.32. The number of rotatable bonds is 3. The monoisotopic (exact) mass is 248 g/mol. The maximum atomic E-state index is 12.0. The number of hydrogen-bond donors (Lipinski definition) is 1. The van der Waals surface area contributed by atoms with Gasteiger partial charge in [-0.2, -0.15) is 5.10 Å². The molecule has 5 nitrogen and oxygen atoms in total. The first-order valence-electron chi connectivity index (χ1n) is 6.84. The lowest BCUT2D eigenvalue weighted by Crippen LogP contribution is -2.47. The molecule has 1 aromatic heterocycles. The number of piperidine rings is 1. The van der Waals surface area contributed by atoms with E-state index >= 15 is 0 Å². The number of nitrogens with one attached hydrogen (secondary N) is 1. The number of amides is 1. The fourth-order valence-electron chi connectivity index (χ4n) is 3.21. The van der Waals surface area contributed by atoms with E-state index in [2.05, 4.69) is 15.3 Å². The Morgan fingerprint density at radius 1 is 1.33 bits per heavy atom. The number of aromatic nitrogens is 2. The second-order valence-corrected chi connectivity index (χ2v) is 5.27. The van der Waals surface area contributed by atoms with Crippen LogP contribution in [0.15, 0.2) is 18.5 Å². The Bertz CT molecular complexity index is 403. The highest BCUT2D eigenvalue weighted by Gasteiger charge is 2.36. The minimum absolute atomic E-state index is 0.0797. The smallest absolute Gasteiger partial charge is 0.242 e. The quantitative estimate of drug-likeness (QED) is 0.853. The molecule has 2 atom stereocenters. The molecule has 0 aromatic carbocycles. The summed E-state index contributed by atoms with van der Waals surface area (Å²) in [6.45, 7) is 2.67. The molecule has 3 rings (SSSR count). The van der Waals surface area contributed by atoms with Crippen molar-refractivity contribution in [2.24, 2.45) is 0 Å². The zero-order chi connectivity index (χ0) is 12.4. The topological polar surface area (TPSA) is 50.2 Å². The summed E-state index contributed by atoms with van der Waals surface area (Å²) in [7, 11) is 0. The molecule has 1 amide bonds. The Labute approximate surface area is 107 Å². The van der Waals surface area contributed by atoms with Gasteiger partial charge in [-0.05, 0) is 31.9 Å². The van der Waals surface area contributed by atoms with Crippen molar-refractivity contribution in [2.45, 2.75) is 44.3 Å². The fraction of sp³-hybridized carbons (Fsp3) is 0.692. The molecule has 1 aromatic rings. The largest absolute Gasteiger partial charge is 0.350 e. The first-order chi connectivity index (χ1) is 8.83. The van der Waals surface area contributed by atoms with Crippen LogP contribution in [0.2, 0.25) is 0 Å². The van der Waals surface area contributed by atoms with Crippen LogP contribution < -0.4 is 5.32 Å². The van der Waals surface area contributed by atoms with Gasteiger partial charge in [0.2, 0.25) is 5.91 Å². The molecule has 18 heavy (non-hydrogen) atoms. The summed E-state index contributed by atoms with van der Waals surface area (Å²) in [5.41, 5.74) is 0. The number of hydrogen-bond acceptors (Lipinski definition) is 3. The van der Waals surface area contributed by atoms with Gasteiger partial charge in [-0.25, -0.2) is 0 Å². The van der Waals surface area contributed by atoms with Crippen molar-refractivity contribution in [1.29, 1.82) is 0 Å². The maximum Gasteiger partial charge on any atom is 0.242 e. The molecule has 0 unspecified atom stereocenters. The van der Waals surface area contributed by atoms with E-state index in [1.165, 1.54) is 25.8 Å². The minimum atomic E-state index is 0.0797. The number of carbonyl (C=O) groups excluding carboxylic acids is 1. The van der Waals surface area contributed by atoms with Gasteiger partial charge in [-0.1, -0.05) is 6.42 Å². The lowest BCUT2D eigenvalue weighted by Gasteiger charge is -2.32. The lowest BCUT2D eigenvalue weighted by molar-refractivity contribution is -0.122. The van der Waals surface area contributed by atoms with Crippen molar-refractivity contribution in [3.05, 3.63) is 18.5 Å². The average Bonchev–Trinajstić information content (AvgIpc) is 3.00. The molecule has 3 heterocycles. The highest BCUT2D eigenvalue weighted by Crippen LogP contribution is 2.26. The van der Waals surface area contributed by atoms with Crippen molar-refractivity contribution in [3.63, 3.8) is 0 Å². The molecule has 2 aliphatic rings. The summed E-state index contributed by atoms with van der Waals surface area (Å²) in [4.78, 5) is 14.5. The van der Waals surface area contributed by atoms with E-state index in [0.29, 0.717) is 18.6 Å². The molecule has 0 spiro atoms. The summed E-state index contributed by atoms with van der Waals surface area (Å²) in [5.74, 6) is 0.0797. The molecule has 5 heteroatoms. The van der Waals surface area contributed by atoms with Crippen LogP contribution in [0, 0.1) is 0 Å². The summed E-state index contributed by atoms with van der Waals surface area (Å²) < 4.78 is 1.67. The van der Waals surface area contributed by atoms with E-state index in [1.807, 2.05) is 12.3 Å². The molecule has 2 fully saturated rings. The average molecular weight is 248 g/mol. The van der Waals surface area contributed by atoms with Crippen LogP contribution in [0.3, 0.4) is 0 Å². The van der Waals surface area contributed by atoms with Crippen LogP contribution in [0.5, 0.6) is 0 Å². The minimum Gasteiger partial charge on any atom is -0.350 e. The van der Waals surface area contributed by atoms with Crippen molar-refractivity contribution >= 4 is 5.91 Å². The molecule has 0 radical (unpaired) electrons. The van der Waals surface area contributed by atoms with Crippen LogP contribution in [0.1, 0.15) is 25.7 Å². The van der Waals surface area contributed by atoms with E-state index in [9.17, 15) is 4.79 Å². The van der Waals surface area contributed by atoms with Gasteiger partial charge >= 0.3 is 0 Å². The second kappa shape index (κ2) is 5.10. The summed E-state index contributed by atoms with van der Waals surface area (Å²) in [5, 5.41) is 7.23. The number of fused-ring (bicyclic) bond motifs is 1. The summed E-state index contributed by atoms with van der Waals surface area (Å²) >= 11 is 0. The van der Waals surface area contributed by atoms with Gasteiger partial charge in [-0.15, -0.1) is 0 Å². The SMILES string of the molecule is O=C(Cn1cccn1)N[C@H]1CCN2CCCC[C@@H]12. The standard InChI is InChI=1S/C13H20N4O/c18-13(10-17-8-3-6-14-17)15-11-5-9-16-7-2-1-4-12(11)16/h3,6,8,11-12H,1-2,4-5,7,9-10H2,(H,15,18)/t11-,12-/m0/s1. The van der Waals surface area contributed by atoms with Gasteiger partial charge in [0.25, 0.3) is 0 Å². The highest BCUT2D eigenvalue weighted by molar-refractivity contribution is 5.76. The van der Waals surface area contributed by atoms with Crippen molar-refractivity contribution in [1.82, 2.24) is 20.0 Å². The third kappa shape index (κ3) is 2.41. The maximum absolute atomic E-state index is 12.0. The van der Waals surface area contributed by atoms with Crippen molar-refractivity contribution in [3.8, 4) is 0 Å². The van der Waals surface area contributed by atoms with E-state index in [1.54, 1.807) is 10.9 Å². The third-order valence-corrected chi connectivity index (χ3v) is 4.07. The van der Waals surface area contributed by atoms with Gasteiger partial charge in [-0.3, -0.25) is 14.4 Å². The van der Waals surface area contributed by atoms with Crippen LogP contribution >= 0.6 is 0 Å². The Morgan fingerprint density at radius 2 is 2.28 bits per heavy atom. The molecule has 1 N–H and O–H groups in total. The molecule has 2 saturated heterocycles. The normalized spacial score (nSPS) is 28.0. The predicted molar refractivity (Wildman–Crippen MR) is 68.0 cm³/mol. The van der Waals surface area contributed by atoms with E-state index < -0.39 is 0 Å². The van der Waals surface area contributed by atoms with Crippen LogP contribution in [-0.4, -0.2) is 45.8 Å². The van der Waals surface area contributed by atoms with Crippen LogP contribution in [0.4, 0.5) is 0 Å². The molecule has 0 saturated carbocycles. The highest BCUT2D eigenvalue weighted by atomic mass is 16.2. The molecule has 98 valence electrons. The van der Waals surface area contributed by atoms with Gasteiger partial charge < -0.3 is 5.32 Å². The molecular formula is C13H20N4O. The zero-order valence-electron chi connectivity index (χ0n) is 10.6. The number of nitrogens with zero attached hydrogens (tertiary/aromatic N) is 3. The Balaban J connectivity index is 1.54. The second-order valence-electron chi connectivity index (χ2n) is 5.27. The van der Waals surface area contributed by atoms with E-state index in [4.69, 9.17) is 0 Å². The molecule has 0 aliphatic carbocycles.